The van der Waals surface area contributed by atoms with Gasteiger partial charge in [-0.25, -0.2) is 0 Å². The van der Waals surface area contributed by atoms with Gasteiger partial charge in [0.2, 0.25) is 0 Å². The zero-order chi connectivity index (χ0) is 16.8. The Kier molecular flexibility index (Phi) is 5.54. The molecule has 0 unspecified atom stereocenters. The second-order valence-corrected chi connectivity index (χ2v) is 5.15. The number of nitro groups is 1. The van der Waals surface area contributed by atoms with Crippen molar-refractivity contribution in [3.63, 3.8) is 0 Å². The van der Waals surface area contributed by atoms with Crippen LogP contribution in [0.15, 0.2) is 42.5 Å². The molecule has 23 heavy (non-hydrogen) atoms. The van der Waals surface area contributed by atoms with Gasteiger partial charge in [0.1, 0.15) is 12.4 Å². The highest BCUT2D eigenvalue weighted by Gasteiger charge is 2.11. The van der Waals surface area contributed by atoms with Crippen LogP contribution in [0.3, 0.4) is 0 Å². The summed E-state index contributed by atoms with van der Waals surface area (Å²) in [6.07, 6.45) is 0.0245. The Morgan fingerprint density at radius 1 is 1.22 bits per heavy atom. The normalized spacial score (nSPS) is 10.2. The van der Waals surface area contributed by atoms with Crippen LogP contribution in [0.5, 0.6) is 5.75 Å². The minimum Gasteiger partial charge on any atom is -0.496 e. The summed E-state index contributed by atoms with van der Waals surface area (Å²) in [5.41, 5.74) is 1.29. The molecule has 0 atom stereocenters. The van der Waals surface area contributed by atoms with Crippen LogP contribution < -0.4 is 4.74 Å². The van der Waals surface area contributed by atoms with E-state index >= 15 is 0 Å². The van der Waals surface area contributed by atoms with E-state index in [9.17, 15) is 14.9 Å². The summed E-state index contributed by atoms with van der Waals surface area (Å²) in [7, 11) is 1.51. The Labute approximate surface area is 137 Å². The second-order valence-electron chi connectivity index (χ2n) is 4.72. The van der Waals surface area contributed by atoms with E-state index < -0.39 is 10.9 Å². The van der Waals surface area contributed by atoms with Crippen molar-refractivity contribution < 1.29 is 19.2 Å². The van der Waals surface area contributed by atoms with Crippen LogP contribution in [0.1, 0.15) is 11.1 Å². The second kappa shape index (κ2) is 7.60. The van der Waals surface area contributed by atoms with Gasteiger partial charge >= 0.3 is 5.97 Å². The molecular weight excluding hydrogens is 322 g/mol. The highest BCUT2D eigenvalue weighted by Crippen LogP contribution is 2.23. The summed E-state index contributed by atoms with van der Waals surface area (Å²) >= 11 is 5.91. The fourth-order valence-electron chi connectivity index (χ4n) is 1.97. The van der Waals surface area contributed by atoms with Crippen molar-refractivity contribution >= 4 is 23.3 Å². The fraction of sp³-hybridized carbons (Fsp3) is 0.188. The lowest BCUT2D eigenvalue weighted by atomic mass is 10.1. The topological polar surface area (TPSA) is 78.7 Å². The number of non-ortho nitro benzene ring substituents is 1. The van der Waals surface area contributed by atoms with Crippen LogP contribution in [-0.2, 0) is 22.6 Å². The number of esters is 1. The summed E-state index contributed by atoms with van der Waals surface area (Å²) in [6, 6.07) is 10.8. The van der Waals surface area contributed by atoms with Crippen LogP contribution in [0.2, 0.25) is 5.02 Å². The van der Waals surface area contributed by atoms with E-state index in [0.717, 1.165) is 0 Å². The summed E-state index contributed by atoms with van der Waals surface area (Å²) < 4.78 is 10.3. The molecule has 0 fully saturated rings. The lowest BCUT2D eigenvalue weighted by Crippen LogP contribution is -2.09. The summed E-state index contributed by atoms with van der Waals surface area (Å²) in [4.78, 5) is 22.0. The molecule has 0 bridgehead atoms. The third kappa shape index (κ3) is 4.69. The van der Waals surface area contributed by atoms with Gasteiger partial charge in [0.05, 0.1) is 18.5 Å². The highest BCUT2D eigenvalue weighted by atomic mass is 35.5. The monoisotopic (exact) mass is 335 g/mol. The van der Waals surface area contributed by atoms with Gasteiger partial charge in [-0.05, 0) is 35.9 Å². The third-order valence-corrected chi connectivity index (χ3v) is 3.36. The molecule has 0 heterocycles. The molecule has 0 saturated heterocycles. The Hall–Kier alpha value is -2.60. The molecule has 0 amide bonds. The van der Waals surface area contributed by atoms with Crippen molar-refractivity contribution in [3.8, 4) is 5.75 Å². The van der Waals surface area contributed by atoms with Gasteiger partial charge in [0.25, 0.3) is 5.69 Å². The minimum absolute atomic E-state index is 0.0104. The number of hydrogen-bond donors (Lipinski definition) is 0. The van der Waals surface area contributed by atoms with Crippen molar-refractivity contribution in [2.24, 2.45) is 0 Å². The molecule has 2 aromatic rings. The molecule has 120 valence electrons. The average Bonchev–Trinajstić information content (AvgIpc) is 2.53. The number of carbonyl (C=O) groups is 1. The molecule has 0 aromatic heterocycles. The van der Waals surface area contributed by atoms with E-state index in [-0.39, 0.29) is 18.7 Å². The first-order valence-corrected chi connectivity index (χ1v) is 7.09. The minimum atomic E-state index is -0.485. The lowest BCUT2D eigenvalue weighted by Gasteiger charge is -2.09. The number of ether oxygens (including phenoxy) is 2. The molecule has 0 spiro atoms. The smallest absolute Gasteiger partial charge is 0.310 e. The van der Waals surface area contributed by atoms with E-state index in [1.807, 2.05) is 0 Å². The molecule has 0 aliphatic carbocycles. The van der Waals surface area contributed by atoms with Crippen molar-refractivity contribution in [1.29, 1.82) is 0 Å². The molecular formula is C16H14ClNO5. The number of halogens is 1. The molecule has 7 heteroatoms. The van der Waals surface area contributed by atoms with E-state index in [4.69, 9.17) is 21.1 Å². The van der Waals surface area contributed by atoms with Crippen LogP contribution in [-0.4, -0.2) is 18.0 Å². The van der Waals surface area contributed by atoms with Gasteiger partial charge in [-0.1, -0.05) is 11.6 Å². The van der Waals surface area contributed by atoms with Crippen LogP contribution in [0.4, 0.5) is 5.69 Å². The zero-order valence-electron chi connectivity index (χ0n) is 12.3. The Morgan fingerprint density at radius 3 is 2.52 bits per heavy atom. The molecule has 2 rings (SSSR count). The number of nitrogens with zero attached hydrogens (tertiary/aromatic N) is 1. The van der Waals surface area contributed by atoms with Crippen LogP contribution in [0.25, 0.3) is 0 Å². The highest BCUT2D eigenvalue weighted by molar-refractivity contribution is 6.30. The average molecular weight is 336 g/mol. The molecule has 2 aromatic carbocycles. The SMILES string of the molecule is COc1ccc(Cl)cc1CC(=O)OCc1ccc([N+](=O)[O-])cc1. The Bertz CT molecular complexity index is 715. The fourth-order valence-corrected chi connectivity index (χ4v) is 2.16. The summed E-state index contributed by atoms with van der Waals surface area (Å²) in [5, 5.41) is 11.1. The molecule has 0 N–H and O–H groups in total. The molecule has 0 aliphatic rings. The van der Waals surface area contributed by atoms with Gasteiger partial charge < -0.3 is 9.47 Å². The lowest BCUT2D eigenvalue weighted by molar-refractivity contribution is -0.384. The molecule has 6 nitrogen and oxygen atoms in total. The predicted molar refractivity (Wildman–Crippen MR) is 84.6 cm³/mol. The van der Waals surface area contributed by atoms with Gasteiger partial charge in [-0.2, -0.15) is 0 Å². The maximum absolute atomic E-state index is 11.9. The number of hydrogen-bond acceptors (Lipinski definition) is 5. The van der Waals surface area contributed by atoms with Crippen molar-refractivity contribution in [3.05, 3.63) is 68.7 Å². The summed E-state index contributed by atoms with van der Waals surface area (Å²) in [5.74, 6) is 0.116. The first-order valence-electron chi connectivity index (χ1n) is 6.71. The number of carbonyl (C=O) groups excluding carboxylic acids is 1. The van der Waals surface area contributed by atoms with Crippen LogP contribution >= 0.6 is 11.6 Å². The maximum Gasteiger partial charge on any atom is 0.310 e. The number of benzene rings is 2. The van der Waals surface area contributed by atoms with Crippen molar-refractivity contribution in [1.82, 2.24) is 0 Å². The standard InChI is InChI=1S/C16H14ClNO5/c1-22-15-7-4-13(17)8-12(15)9-16(19)23-10-11-2-5-14(6-3-11)18(20)21/h2-8H,9-10H2,1H3. The molecule has 0 aliphatic heterocycles. The van der Waals surface area contributed by atoms with Gasteiger partial charge in [0.15, 0.2) is 0 Å². The van der Waals surface area contributed by atoms with Gasteiger partial charge in [0, 0.05) is 22.7 Å². The van der Waals surface area contributed by atoms with Crippen molar-refractivity contribution in [2.75, 3.05) is 7.11 Å². The van der Waals surface area contributed by atoms with Crippen molar-refractivity contribution in [2.45, 2.75) is 13.0 Å². The van der Waals surface area contributed by atoms with E-state index in [2.05, 4.69) is 0 Å². The number of rotatable bonds is 6. The maximum atomic E-state index is 11.9. The van der Waals surface area contributed by atoms with E-state index in [0.29, 0.717) is 21.9 Å². The first-order chi connectivity index (χ1) is 11.0. The largest absolute Gasteiger partial charge is 0.496 e. The molecule has 0 saturated carbocycles. The zero-order valence-corrected chi connectivity index (χ0v) is 13.1. The number of nitro benzene ring substituents is 1. The van der Waals surface area contributed by atoms with E-state index in [1.54, 1.807) is 30.3 Å². The Balaban J connectivity index is 1.95. The number of methoxy groups -OCH3 is 1. The Morgan fingerprint density at radius 2 is 1.91 bits per heavy atom. The van der Waals surface area contributed by atoms with E-state index in [1.165, 1.54) is 19.2 Å². The third-order valence-electron chi connectivity index (χ3n) is 3.12. The summed E-state index contributed by atoms with van der Waals surface area (Å²) in [6.45, 7) is 0.0414. The van der Waals surface area contributed by atoms with Crippen LogP contribution in [0, 0.1) is 10.1 Å². The van der Waals surface area contributed by atoms with Gasteiger partial charge in [-0.3, -0.25) is 14.9 Å². The quantitative estimate of drug-likeness (QED) is 0.458. The first kappa shape index (κ1) is 16.8. The van der Waals surface area contributed by atoms with Gasteiger partial charge in [-0.15, -0.1) is 0 Å². The predicted octanol–water partition coefficient (Wildman–Crippen LogP) is 3.54. The molecule has 0 radical (unpaired) electrons.